The van der Waals surface area contributed by atoms with Gasteiger partial charge in [-0.2, -0.15) is 9.57 Å². The molecule has 0 N–H and O–H groups in total. The summed E-state index contributed by atoms with van der Waals surface area (Å²) >= 11 is 0. The number of sulfonamides is 1. The second-order valence-corrected chi connectivity index (χ2v) is 9.11. The van der Waals surface area contributed by atoms with Crippen molar-refractivity contribution in [2.75, 3.05) is 13.1 Å². The zero-order chi connectivity index (χ0) is 22.2. The molecule has 10 heteroatoms. The van der Waals surface area contributed by atoms with E-state index in [1.165, 1.54) is 40.7 Å². The Bertz CT molecular complexity index is 1170. The van der Waals surface area contributed by atoms with Crippen LogP contribution in [0, 0.1) is 17.2 Å². The van der Waals surface area contributed by atoms with E-state index in [0.29, 0.717) is 10.6 Å². The number of hydrogen-bond donors (Lipinski definition) is 0. The topological polar surface area (TPSA) is 125 Å². The molecule has 0 saturated carbocycles. The van der Waals surface area contributed by atoms with Crippen LogP contribution < -0.4 is 0 Å². The fourth-order valence-electron chi connectivity index (χ4n) is 3.60. The lowest BCUT2D eigenvalue weighted by atomic mass is 9.99. The van der Waals surface area contributed by atoms with Crippen molar-refractivity contribution in [1.29, 1.82) is 5.26 Å². The normalized spacial score (nSPS) is 17.3. The molecule has 9 nitrogen and oxygen atoms in total. The lowest BCUT2D eigenvalue weighted by Crippen LogP contribution is -2.42. The molecule has 0 radical (unpaired) electrons. The summed E-state index contributed by atoms with van der Waals surface area (Å²) < 4.78 is 26.8. The van der Waals surface area contributed by atoms with E-state index < -0.39 is 33.7 Å². The summed E-state index contributed by atoms with van der Waals surface area (Å²) in [6, 6.07) is 13.7. The minimum atomic E-state index is -3.76. The van der Waals surface area contributed by atoms with Crippen LogP contribution in [0.5, 0.6) is 0 Å². The molecule has 4 rings (SSSR count). The quantitative estimate of drug-likeness (QED) is 0.664. The van der Waals surface area contributed by atoms with Gasteiger partial charge in [-0.1, -0.05) is 17.2 Å². The van der Waals surface area contributed by atoms with Crippen molar-refractivity contribution in [2.45, 2.75) is 17.7 Å². The molecule has 1 fully saturated rings. The summed E-state index contributed by atoms with van der Waals surface area (Å²) in [5.41, 5.74) is 0.695. The third kappa shape index (κ3) is 3.69. The van der Waals surface area contributed by atoms with E-state index in [1.807, 2.05) is 6.07 Å². The van der Waals surface area contributed by atoms with Gasteiger partial charge in [0.05, 0.1) is 33.6 Å². The predicted molar refractivity (Wildman–Crippen MR) is 106 cm³/mol. The zero-order valence-electron chi connectivity index (χ0n) is 16.2. The highest BCUT2D eigenvalue weighted by molar-refractivity contribution is 7.89. The molecule has 0 unspecified atom stereocenters. The van der Waals surface area contributed by atoms with Crippen molar-refractivity contribution in [2.24, 2.45) is 5.92 Å². The van der Waals surface area contributed by atoms with E-state index >= 15 is 0 Å². The number of hydrogen-bond acceptors (Lipinski definition) is 7. The Morgan fingerprint density at radius 3 is 2.03 bits per heavy atom. The minimum absolute atomic E-state index is 0.0681. The first kappa shape index (κ1) is 20.7. The molecule has 0 bridgehead atoms. The van der Waals surface area contributed by atoms with Gasteiger partial charge in [-0.05, 0) is 49.2 Å². The molecule has 0 atom stereocenters. The Morgan fingerprint density at radius 1 is 0.968 bits per heavy atom. The van der Waals surface area contributed by atoms with Crippen LogP contribution in [-0.2, 0) is 19.7 Å². The van der Waals surface area contributed by atoms with Crippen LogP contribution in [0.15, 0.2) is 53.4 Å². The number of piperidine rings is 1. The average molecular weight is 439 g/mol. The van der Waals surface area contributed by atoms with Crippen molar-refractivity contribution in [3.63, 3.8) is 0 Å². The highest BCUT2D eigenvalue weighted by Crippen LogP contribution is 2.27. The number of nitrogens with zero attached hydrogens (tertiary/aromatic N) is 3. The van der Waals surface area contributed by atoms with Crippen molar-refractivity contribution >= 4 is 27.8 Å². The van der Waals surface area contributed by atoms with Crippen LogP contribution >= 0.6 is 0 Å². The van der Waals surface area contributed by atoms with Crippen LogP contribution in [0.3, 0.4) is 0 Å². The van der Waals surface area contributed by atoms with E-state index in [4.69, 9.17) is 10.1 Å². The monoisotopic (exact) mass is 439 g/mol. The second kappa shape index (κ2) is 7.94. The van der Waals surface area contributed by atoms with E-state index in [1.54, 1.807) is 12.1 Å². The minimum Gasteiger partial charge on any atom is -0.329 e. The first-order valence-electron chi connectivity index (χ1n) is 9.53. The van der Waals surface area contributed by atoms with Gasteiger partial charge in [0.15, 0.2) is 0 Å². The Labute approximate surface area is 178 Å². The molecule has 2 aromatic carbocycles. The lowest BCUT2D eigenvalue weighted by Gasteiger charge is -2.30. The van der Waals surface area contributed by atoms with Gasteiger partial charge >= 0.3 is 5.97 Å². The summed E-state index contributed by atoms with van der Waals surface area (Å²) in [6.45, 7) is 0.175. The van der Waals surface area contributed by atoms with Crippen molar-refractivity contribution in [3.8, 4) is 6.07 Å². The number of imide groups is 1. The molecule has 0 aliphatic carbocycles. The molecular formula is C21H17N3O6S. The summed E-state index contributed by atoms with van der Waals surface area (Å²) in [7, 11) is -3.76. The first-order chi connectivity index (χ1) is 14.8. The fraction of sp³-hybridized carbons (Fsp3) is 0.238. The molecule has 2 heterocycles. The molecular weight excluding hydrogens is 422 g/mol. The van der Waals surface area contributed by atoms with Crippen LogP contribution in [0.25, 0.3) is 0 Å². The Balaban J connectivity index is 1.39. The molecule has 0 aromatic heterocycles. The molecule has 158 valence electrons. The van der Waals surface area contributed by atoms with Gasteiger partial charge < -0.3 is 4.84 Å². The van der Waals surface area contributed by atoms with E-state index in [0.717, 1.165) is 0 Å². The summed E-state index contributed by atoms with van der Waals surface area (Å²) in [4.78, 5) is 42.3. The number of nitriles is 1. The predicted octanol–water partition coefficient (Wildman–Crippen LogP) is 1.71. The number of amides is 2. The Kier molecular flexibility index (Phi) is 5.31. The van der Waals surface area contributed by atoms with Crippen molar-refractivity contribution in [1.82, 2.24) is 9.37 Å². The second-order valence-electron chi connectivity index (χ2n) is 7.18. The number of hydroxylamine groups is 2. The molecule has 1 saturated heterocycles. The first-order valence-corrected chi connectivity index (χ1v) is 11.0. The number of benzene rings is 2. The third-order valence-electron chi connectivity index (χ3n) is 5.35. The van der Waals surface area contributed by atoms with Crippen LogP contribution in [-0.4, -0.2) is 48.7 Å². The van der Waals surface area contributed by atoms with Crippen molar-refractivity contribution in [3.05, 3.63) is 65.2 Å². The summed E-state index contributed by atoms with van der Waals surface area (Å²) in [6.07, 6.45) is 0.384. The number of fused-ring (bicyclic) bond motifs is 1. The van der Waals surface area contributed by atoms with Crippen LogP contribution in [0.1, 0.15) is 39.1 Å². The summed E-state index contributed by atoms with van der Waals surface area (Å²) in [5.74, 6) is -2.79. The standard InChI is InChI=1S/C21H17N3O6S/c22-13-14-5-7-16(8-6-14)31(28,29)23-11-9-15(10-12-23)21(27)30-24-19(25)17-3-1-2-4-18(17)20(24)26/h1-8,15H,9-12H2. The van der Waals surface area contributed by atoms with E-state index in [2.05, 4.69) is 0 Å². The summed E-state index contributed by atoms with van der Waals surface area (Å²) in [5, 5.41) is 9.31. The maximum atomic E-state index is 12.8. The van der Waals surface area contributed by atoms with Crippen LogP contribution in [0.4, 0.5) is 0 Å². The van der Waals surface area contributed by atoms with Gasteiger partial charge in [-0.3, -0.25) is 9.59 Å². The van der Waals surface area contributed by atoms with Gasteiger partial charge in [-0.15, -0.1) is 0 Å². The highest BCUT2D eigenvalue weighted by Gasteiger charge is 2.41. The van der Waals surface area contributed by atoms with Gasteiger partial charge in [0.25, 0.3) is 11.8 Å². The lowest BCUT2D eigenvalue weighted by molar-refractivity contribution is -0.175. The SMILES string of the molecule is N#Cc1ccc(S(=O)(=O)N2CCC(C(=O)ON3C(=O)c4ccccc4C3=O)CC2)cc1. The maximum Gasteiger partial charge on any atom is 0.336 e. The smallest absolute Gasteiger partial charge is 0.329 e. The molecule has 31 heavy (non-hydrogen) atoms. The Morgan fingerprint density at radius 2 is 1.52 bits per heavy atom. The zero-order valence-corrected chi connectivity index (χ0v) is 17.0. The third-order valence-corrected chi connectivity index (χ3v) is 7.26. The number of carbonyl (C=O) groups is 3. The van der Waals surface area contributed by atoms with Crippen LogP contribution in [0.2, 0.25) is 0 Å². The molecule has 0 spiro atoms. The molecule has 2 aromatic rings. The van der Waals surface area contributed by atoms with Gasteiger partial charge in [0.1, 0.15) is 0 Å². The van der Waals surface area contributed by atoms with E-state index in [-0.39, 0.29) is 42.0 Å². The van der Waals surface area contributed by atoms with E-state index in [9.17, 15) is 22.8 Å². The fourth-order valence-corrected chi connectivity index (χ4v) is 5.07. The maximum absolute atomic E-state index is 12.8. The average Bonchev–Trinajstić information content (AvgIpc) is 3.04. The Hall–Kier alpha value is -3.55. The van der Waals surface area contributed by atoms with Gasteiger partial charge in [0, 0.05) is 13.1 Å². The highest BCUT2D eigenvalue weighted by atomic mass is 32.2. The number of carbonyl (C=O) groups excluding carboxylic acids is 3. The largest absolute Gasteiger partial charge is 0.336 e. The molecule has 2 aliphatic heterocycles. The van der Waals surface area contributed by atoms with Gasteiger partial charge in [-0.25, -0.2) is 13.2 Å². The molecule has 2 aliphatic rings. The molecule has 2 amide bonds. The van der Waals surface area contributed by atoms with Gasteiger partial charge in [0.2, 0.25) is 10.0 Å². The number of rotatable bonds is 4. The van der Waals surface area contributed by atoms with Crippen molar-refractivity contribution < 1.29 is 27.6 Å².